The Morgan fingerprint density at radius 2 is 1.80 bits per heavy atom. The van der Waals surface area contributed by atoms with Gasteiger partial charge in [-0.25, -0.2) is 4.39 Å². The average Bonchev–Trinajstić information content (AvgIpc) is 2.38. The Bertz CT molecular complexity index is 611. The molecule has 4 heteroatoms. The van der Waals surface area contributed by atoms with Gasteiger partial charge < -0.3 is 10.6 Å². The lowest BCUT2D eigenvalue weighted by molar-refractivity contribution is 0.628. The Kier molecular flexibility index (Phi) is 4.69. The number of halogens is 1. The predicted molar refractivity (Wildman–Crippen MR) is 86.8 cm³/mol. The first-order valence-electron chi connectivity index (χ1n) is 6.49. The number of nitrogens with one attached hydrogen (secondary N) is 2. The lowest BCUT2D eigenvalue weighted by Gasteiger charge is -2.16. The summed E-state index contributed by atoms with van der Waals surface area (Å²) in [5.41, 5.74) is 2.79. The zero-order valence-electron chi connectivity index (χ0n) is 11.5. The van der Waals surface area contributed by atoms with E-state index in [1.54, 1.807) is 12.1 Å². The van der Waals surface area contributed by atoms with Crippen LogP contribution in [0.25, 0.3) is 0 Å². The number of hydrogen-bond donors (Lipinski definition) is 2. The maximum absolute atomic E-state index is 13.1. The fourth-order valence-electron chi connectivity index (χ4n) is 1.97. The van der Waals surface area contributed by atoms with E-state index in [-0.39, 0.29) is 5.82 Å². The van der Waals surface area contributed by atoms with Gasteiger partial charge in [-0.15, -0.1) is 0 Å². The van der Waals surface area contributed by atoms with Crippen molar-refractivity contribution in [3.8, 4) is 0 Å². The van der Waals surface area contributed by atoms with E-state index < -0.39 is 0 Å². The van der Waals surface area contributed by atoms with Gasteiger partial charge in [0.2, 0.25) is 0 Å². The maximum Gasteiger partial charge on any atom is 0.175 e. The molecule has 0 spiro atoms. The number of thiocarbonyl (C=S) groups is 1. The molecule has 2 nitrogen and oxygen atoms in total. The molecular formula is C16H17FN2S. The Hall–Kier alpha value is -1.94. The fraction of sp³-hybridized carbons (Fsp3) is 0.188. The van der Waals surface area contributed by atoms with E-state index in [1.807, 2.05) is 18.2 Å². The summed E-state index contributed by atoms with van der Waals surface area (Å²) in [5.74, 6) is 0.107. The summed E-state index contributed by atoms with van der Waals surface area (Å²) in [6.07, 6.45) is 0. The molecule has 2 rings (SSSR count). The average molecular weight is 288 g/mol. The quantitative estimate of drug-likeness (QED) is 0.796. The van der Waals surface area contributed by atoms with Gasteiger partial charge in [0, 0.05) is 11.4 Å². The molecule has 104 valence electrons. The zero-order chi connectivity index (χ0) is 14.5. The highest BCUT2D eigenvalue weighted by Gasteiger charge is 2.07. The van der Waals surface area contributed by atoms with Gasteiger partial charge in [-0.2, -0.15) is 0 Å². The third-order valence-corrected chi connectivity index (χ3v) is 3.12. The van der Waals surface area contributed by atoms with Crippen molar-refractivity contribution in [2.45, 2.75) is 19.8 Å². The van der Waals surface area contributed by atoms with Gasteiger partial charge >= 0.3 is 0 Å². The highest BCUT2D eigenvalue weighted by atomic mass is 32.1. The first-order chi connectivity index (χ1) is 9.56. The van der Waals surface area contributed by atoms with Crippen molar-refractivity contribution in [2.24, 2.45) is 0 Å². The molecule has 2 N–H and O–H groups in total. The summed E-state index contributed by atoms with van der Waals surface area (Å²) in [6, 6.07) is 14.2. The van der Waals surface area contributed by atoms with Crippen LogP contribution in [0.4, 0.5) is 15.8 Å². The molecular weight excluding hydrogens is 271 g/mol. The second-order valence-electron chi connectivity index (χ2n) is 4.83. The van der Waals surface area contributed by atoms with Gasteiger partial charge in [0.05, 0.1) is 0 Å². The lowest BCUT2D eigenvalue weighted by Crippen LogP contribution is -2.20. The SMILES string of the molecule is CC(C)c1ccccc1NC(=S)Nc1cccc(F)c1. The van der Waals surface area contributed by atoms with E-state index in [9.17, 15) is 4.39 Å². The number of anilines is 2. The highest BCUT2D eigenvalue weighted by Crippen LogP contribution is 2.23. The number of para-hydroxylation sites is 1. The van der Waals surface area contributed by atoms with Crippen LogP contribution < -0.4 is 10.6 Å². The molecule has 0 saturated heterocycles. The van der Waals surface area contributed by atoms with Crippen molar-refractivity contribution in [1.29, 1.82) is 0 Å². The Balaban J connectivity index is 2.09. The van der Waals surface area contributed by atoms with Crippen molar-refractivity contribution in [3.05, 3.63) is 59.9 Å². The van der Waals surface area contributed by atoms with Gasteiger partial charge in [-0.1, -0.05) is 38.1 Å². The van der Waals surface area contributed by atoms with Crippen molar-refractivity contribution in [1.82, 2.24) is 0 Å². The van der Waals surface area contributed by atoms with Crippen molar-refractivity contribution < 1.29 is 4.39 Å². The molecule has 0 bridgehead atoms. The van der Waals surface area contributed by atoms with E-state index in [2.05, 4.69) is 30.5 Å². The van der Waals surface area contributed by atoms with Crippen LogP contribution in [-0.2, 0) is 0 Å². The summed E-state index contributed by atoms with van der Waals surface area (Å²) in [6.45, 7) is 4.26. The second-order valence-corrected chi connectivity index (χ2v) is 5.24. The molecule has 0 unspecified atom stereocenters. The minimum Gasteiger partial charge on any atom is -0.332 e. The first-order valence-corrected chi connectivity index (χ1v) is 6.89. The van der Waals surface area contributed by atoms with Crippen molar-refractivity contribution in [3.63, 3.8) is 0 Å². The summed E-state index contributed by atoms with van der Waals surface area (Å²) in [5, 5.41) is 6.58. The maximum atomic E-state index is 13.1. The van der Waals surface area contributed by atoms with Crippen LogP contribution in [-0.4, -0.2) is 5.11 Å². The molecule has 0 aliphatic rings. The van der Waals surface area contributed by atoms with E-state index in [4.69, 9.17) is 12.2 Å². The Morgan fingerprint density at radius 1 is 1.05 bits per heavy atom. The molecule has 0 heterocycles. The van der Waals surface area contributed by atoms with Crippen molar-refractivity contribution >= 4 is 28.7 Å². The smallest absolute Gasteiger partial charge is 0.175 e. The molecule has 0 saturated carbocycles. The van der Waals surface area contributed by atoms with Gasteiger partial charge in [0.25, 0.3) is 0 Å². The van der Waals surface area contributed by atoms with Crippen LogP contribution in [0, 0.1) is 5.82 Å². The molecule has 0 amide bonds. The molecule has 0 aliphatic heterocycles. The number of rotatable bonds is 3. The second kappa shape index (κ2) is 6.48. The minimum atomic E-state index is -0.291. The molecule has 0 aliphatic carbocycles. The van der Waals surface area contributed by atoms with E-state index >= 15 is 0 Å². The van der Waals surface area contributed by atoms with Crippen LogP contribution >= 0.6 is 12.2 Å². The molecule has 20 heavy (non-hydrogen) atoms. The van der Waals surface area contributed by atoms with Crippen LogP contribution in [0.1, 0.15) is 25.3 Å². The molecule has 0 atom stereocenters. The lowest BCUT2D eigenvalue weighted by atomic mass is 10.0. The highest BCUT2D eigenvalue weighted by molar-refractivity contribution is 7.80. The molecule has 0 radical (unpaired) electrons. The summed E-state index contributed by atoms with van der Waals surface area (Å²) in [7, 11) is 0. The first kappa shape index (κ1) is 14.5. The van der Waals surface area contributed by atoms with E-state index in [0.29, 0.717) is 16.7 Å². The molecule has 2 aromatic carbocycles. The van der Waals surface area contributed by atoms with Crippen LogP contribution in [0.2, 0.25) is 0 Å². The van der Waals surface area contributed by atoms with Gasteiger partial charge in [0.15, 0.2) is 5.11 Å². The van der Waals surface area contributed by atoms with Crippen LogP contribution in [0.5, 0.6) is 0 Å². The minimum absolute atomic E-state index is 0.291. The predicted octanol–water partition coefficient (Wildman–Crippen LogP) is 4.76. The normalized spacial score (nSPS) is 10.4. The molecule has 0 aromatic heterocycles. The van der Waals surface area contributed by atoms with Gasteiger partial charge in [-0.05, 0) is 48.0 Å². The van der Waals surface area contributed by atoms with E-state index in [1.165, 1.54) is 17.7 Å². The molecule has 2 aromatic rings. The van der Waals surface area contributed by atoms with Crippen LogP contribution in [0.15, 0.2) is 48.5 Å². The van der Waals surface area contributed by atoms with Crippen LogP contribution in [0.3, 0.4) is 0 Å². The van der Waals surface area contributed by atoms with E-state index in [0.717, 1.165) is 5.69 Å². The fourth-order valence-corrected chi connectivity index (χ4v) is 2.19. The van der Waals surface area contributed by atoms with Gasteiger partial charge in [0.1, 0.15) is 5.82 Å². The monoisotopic (exact) mass is 288 g/mol. The standard InChI is InChI=1S/C16H17FN2S/c1-11(2)14-8-3-4-9-15(14)19-16(20)18-13-7-5-6-12(17)10-13/h3-11H,1-2H3,(H2,18,19,20). The topological polar surface area (TPSA) is 24.1 Å². The van der Waals surface area contributed by atoms with Crippen molar-refractivity contribution in [2.75, 3.05) is 10.6 Å². The number of benzene rings is 2. The summed E-state index contributed by atoms with van der Waals surface area (Å²) in [4.78, 5) is 0. The zero-order valence-corrected chi connectivity index (χ0v) is 12.3. The third kappa shape index (κ3) is 3.78. The number of hydrogen-bond acceptors (Lipinski definition) is 1. The Morgan fingerprint density at radius 3 is 2.50 bits per heavy atom. The summed E-state index contributed by atoms with van der Waals surface area (Å²) >= 11 is 5.26. The molecule has 0 fully saturated rings. The largest absolute Gasteiger partial charge is 0.332 e. The third-order valence-electron chi connectivity index (χ3n) is 2.91. The summed E-state index contributed by atoms with van der Waals surface area (Å²) < 4.78 is 13.1. The van der Waals surface area contributed by atoms with Gasteiger partial charge in [-0.3, -0.25) is 0 Å². The Labute approximate surface area is 124 Å².